The lowest BCUT2D eigenvalue weighted by molar-refractivity contribution is 0.247. The molecular formula is C29H42N8OS. The summed E-state index contributed by atoms with van der Waals surface area (Å²) in [6, 6.07) is 11.8. The van der Waals surface area contributed by atoms with Crippen LogP contribution in [-0.4, -0.2) is 55.5 Å². The van der Waals surface area contributed by atoms with E-state index in [1.165, 1.54) is 30.2 Å². The third-order valence-corrected chi connectivity index (χ3v) is 8.89. The van der Waals surface area contributed by atoms with E-state index >= 15 is 0 Å². The monoisotopic (exact) mass is 550 g/mol. The molecule has 2 aliphatic heterocycles. The lowest BCUT2D eigenvalue weighted by atomic mass is 9.92. The summed E-state index contributed by atoms with van der Waals surface area (Å²) < 4.78 is 1.65. The molecule has 3 aromatic rings. The summed E-state index contributed by atoms with van der Waals surface area (Å²) in [6.07, 6.45) is 10.8. The number of nitrogens with one attached hydrogen (secondary N) is 3. The molecule has 2 aromatic heterocycles. The zero-order chi connectivity index (χ0) is 27.4. The number of nitrogens with two attached hydrogens (primary N) is 2. The maximum Gasteiger partial charge on any atom is 0.354 e. The number of piperidine rings is 1. The number of H-pyrrole nitrogens is 1. The Morgan fingerprint density at radius 3 is 2.82 bits per heavy atom. The van der Waals surface area contributed by atoms with Gasteiger partial charge in [0.25, 0.3) is 0 Å². The minimum atomic E-state index is -0.275. The summed E-state index contributed by atoms with van der Waals surface area (Å²) in [4.78, 5) is 23.4. The van der Waals surface area contributed by atoms with E-state index in [-0.39, 0.29) is 16.9 Å². The van der Waals surface area contributed by atoms with Crippen LogP contribution in [0, 0.1) is 5.41 Å². The van der Waals surface area contributed by atoms with Crippen LogP contribution in [-0.2, 0) is 0 Å². The zero-order valence-electron chi connectivity index (χ0n) is 22.9. The van der Waals surface area contributed by atoms with Crippen LogP contribution in [0.1, 0.15) is 81.6 Å². The van der Waals surface area contributed by atoms with Gasteiger partial charge in [-0.15, -0.1) is 0 Å². The van der Waals surface area contributed by atoms with Gasteiger partial charge in [0, 0.05) is 47.2 Å². The molecule has 10 heteroatoms. The first-order chi connectivity index (χ1) is 18.9. The second-order valence-corrected chi connectivity index (χ2v) is 12.3. The fraction of sp³-hybridized carbons (Fsp3) is 0.552. The van der Waals surface area contributed by atoms with Gasteiger partial charge in [-0.25, -0.2) is 4.79 Å². The largest absolute Gasteiger partial charge is 0.379 e. The van der Waals surface area contributed by atoms with Crippen molar-refractivity contribution in [2.45, 2.75) is 82.5 Å². The van der Waals surface area contributed by atoms with Crippen molar-refractivity contribution in [1.29, 1.82) is 5.41 Å². The van der Waals surface area contributed by atoms with Gasteiger partial charge in [0.05, 0.1) is 5.69 Å². The van der Waals surface area contributed by atoms with E-state index in [0.717, 1.165) is 74.1 Å². The van der Waals surface area contributed by atoms with Gasteiger partial charge < -0.3 is 21.8 Å². The van der Waals surface area contributed by atoms with Gasteiger partial charge in [0.2, 0.25) is 0 Å². The topological polar surface area (TPSA) is 142 Å². The predicted molar refractivity (Wildman–Crippen MR) is 161 cm³/mol. The number of aromatic amines is 1. The number of rotatable bonds is 10. The van der Waals surface area contributed by atoms with Crippen molar-refractivity contribution in [1.82, 2.24) is 24.8 Å². The molecule has 4 heterocycles. The molecule has 9 nitrogen and oxygen atoms in total. The molecule has 2 aliphatic rings. The number of amidine groups is 1. The molecule has 0 amide bonds. The van der Waals surface area contributed by atoms with Gasteiger partial charge in [0.1, 0.15) is 5.65 Å². The third kappa shape index (κ3) is 6.92. The first-order valence-corrected chi connectivity index (χ1v) is 15.3. The first kappa shape index (κ1) is 27.9. The van der Waals surface area contributed by atoms with Gasteiger partial charge in [0.15, 0.2) is 5.17 Å². The minimum absolute atomic E-state index is 0.185. The molecule has 1 aromatic carbocycles. The van der Waals surface area contributed by atoms with E-state index in [9.17, 15) is 4.79 Å². The molecule has 1 unspecified atom stereocenters. The summed E-state index contributed by atoms with van der Waals surface area (Å²) in [7, 11) is 0. The molecular weight excluding hydrogens is 508 g/mol. The van der Waals surface area contributed by atoms with Gasteiger partial charge >= 0.3 is 5.69 Å². The van der Waals surface area contributed by atoms with Crippen molar-refractivity contribution in [3.8, 4) is 5.69 Å². The Morgan fingerprint density at radius 1 is 1.23 bits per heavy atom. The summed E-state index contributed by atoms with van der Waals surface area (Å²) in [6.45, 7) is 4.21. The van der Waals surface area contributed by atoms with E-state index in [1.54, 1.807) is 4.57 Å². The highest BCUT2D eigenvalue weighted by Gasteiger charge is 2.27. The van der Waals surface area contributed by atoms with E-state index < -0.39 is 0 Å². The summed E-state index contributed by atoms with van der Waals surface area (Å²) >= 11 is 1.41. The minimum Gasteiger partial charge on any atom is -0.379 e. The highest BCUT2D eigenvalue weighted by atomic mass is 32.2. The van der Waals surface area contributed by atoms with Crippen LogP contribution in [0.15, 0.2) is 41.3 Å². The number of hydrogen-bond acceptors (Lipinski definition) is 7. The van der Waals surface area contributed by atoms with E-state index in [2.05, 4.69) is 45.3 Å². The zero-order valence-corrected chi connectivity index (χ0v) is 23.7. The average molecular weight is 551 g/mol. The molecule has 0 aliphatic carbocycles. The normalized spacial score (nSPS) is 22.9. The van der Waals surface area contributed by atoms with E-state index in [4.69, 9.17) is 16.9 Å². The molecule has 0 bridgehead atoms. The van der Waals surface area contributed by atoms with Crippen molar-refractivity contribution in [3.63, 3.8) is 0 Å². The standard InChI is InChI=1S/C29H42N8OS/c1-19(30)5-3-14-36-15-4-8-26(36)25-17-21-18-37(29(38)35-27(21)34-25)23-11-9-20(10-12-23)24-7-2-6-22(33-24)13-16-39-28(31)32/h9-12,17-19,22,24,26,33H,2-8,13-16,30H2,1H3,(H3,31,32)(H,34,35,38)/t19-,22-,24-,26?/m0/s1. The Kier molecular flexibility index (Phi) is 9.06. The fourth-order valence-electron chi connectivity index (χ4n) is 6.13. The van der Waals surface area contributed by atoms with Crippen LogP contribution >= 0.6 is 11.8 Å². The summed E-state index contributed by atoms with van der Waals surface area (Å²) in [5.74, 6) is 0.865. The molecule has 39 heavy (non-hydrogen) atoms. The quantitative estimate of drug-likeness (QED) is 0.188. The van der Waals surface area contributed by atoms with Crippen molar-refractivity contribution >= 4 is 28.0 Å². The number of aromatic nitrogens is 3. The van der Waals surface area contributed by atoms with Crippen LogP contribution in [0.4, 0.5) is 0 Å². The van der Waals surface area contributed by atoms with Gasteiger partial charge in [-0.3, -0.25) is 14.9 Å². The second kappa shape index (κ2) is 12.7. The molecule has 0 saturated carbocycles. The Labute approximate surface area is 234 Å². The highest BCUT2D eigenvalue weighted by Crippen LogP contribution is 2.33. The van der Waals surface area contributed by atoms with Crippen molar-refractivity contribution in [2.24, 2.45) is 11.5 Å². The Balaban J connectivity index is 1.28. The molecule has 2 saturated heterocycles. The predicted octanol–water partition coefficient (Wildman–Crippen LogP) is 4.18. The Hall–Kier alpha value is -2.66. The lowest BCUT2D eigenvalue weighted by Crippen LogP contribution is -2.37. The number of thioether (sulfide) groups is 1. The van der Waals surface area contributed by atoms with Crippen LogP contribution in [0.5, 0.6) is 0 Å². The molecule has 4 atom stereocenters. The molecule has 0 spiro atoms. The van der Waals surface area contributed by atoms with Crippen LogP contribution in [0.3, 0.4) is 0 Å². The van der Waals surface area contributed by atoms with Crippen molar-refractivity contribution in [2.75, 3.05) is 18.8 Å². The number of fused-ring (bicyclic) bond motifs is 1. The number of likely N-dealkylation sites (tertiary alicyclic amines) is 1. The second-order valence-electron chi connectivity index (χ2n) is 11.2. The molecule has 0 radical (unpaired) electrons. The lowest BCUT2D eigenvalue weighted by Gasteiger charge is -2.31. The van der Waals surface area contributed by atoms with Gasteiger partial charge in [-0.1, -0.05) is 30.3 Å². The fourth-order valence-corrected chi connectivity index (χ4v) is 6.75. The smallest absolute Gasteiger partial charge is 0.354 e. The van der Waals surface area contributed by atoms with Crippen LogP contribution in [0.2, 0.25) is 0 Å². The van der Waals surface area contributed by atoms with Gasteiger partial charge in [-0.2, -0.15) is 4.98 Å². The Morgan fingerprint density at radius 2 is 2.05 bits per heavy atom. The summed E-state index contributed by atoms with van der Waals surface area (Å²) in [5.41, 5.74) is 15.0. The van der Waals surface area contributed by atoms with Crippen LogP contribution < -0.4 is 22.5 Å². The molecule has 210 valence electrons. The Bertz CT molecular complexity index is 1320. The molecule has 5 rings (SSSR count). The highest BCUT2D eigenvalue weighted by molar-refractivity contribution is 8.13. The maximum atomic E-state index is 13.0. The first-order valence-electron chi connectivity index (χ1n) is 14.3. The summed E-state index contributed by atoms with van der Waals surface area (Å²) in [5, 5.41) is 12.3. The average Bonchev–Trinajstić information content (AvgIpc) is 3.54. The number of nitrogens with zero attached hydrogens (tertiary/aromatic N) is 3. The molecule has 7 N–H and O–H groups in total. The number of hydrogen-bond donors (Lipinski definition) is 5. The van der Waals surface area contributed by atoms with Crippen molar-refractivity contribution < 1.29 is 0 Å². The third-order valence-electron chi connectivity index (χ3n) is 8.14. The maximum absolute atomic E-state index is 13.0. The van der Waals surface area contributed by atoms with Crippen LogP contribution in [0.25, 0.3) is 16.7 Å². The molecule has 2 fully saturated rings. The van der Waals surface area contributed by atoms with Gasteiger partial charge in [-0.05, 0) is 88.7 Å². The number of benzene rings is 1. The van der Waals surface area contributed by atoms with Crippen molar-refractivity contribution in [3.05, 3.63) is 58.3 Å². The van der Waals surface area contributed by atoms with E-state index in [0.29, 0.717) is 23.8 Å². The SMILES string of the molecule is C[C@H](N)CCCN1CCCC1c1cc2cn(-c3ccc([C@@H]4CCC[C@@H](CCSC(=N)N)N4)cc3)c(=O)nc2[nH]1. The van der Waals surface area contributed by atoms with E-state index in [1.807, 2.05) is 18.3 Å².